The molecule has 42 heteroatoms. The maximum atomic E-state index is 13.6. The summed E-state index contributed by atoms with van der Waals surface area (Å²) in [6.45, 7) is 3.39. The Hall–Kier alpha value is -2.63. The van der Waals surface area contributed by atoms with Crippen LogP contribution in [0.4, 0.5) is 0 Å². The smallest absolute Gasteiger partial charge is 0.726 e. The molecule has 6 aliphatic heterocycles. The van der Waals surface area contributed by atoms with Gasteiger partial charge in [-0.25, -0.2) is 13.2 Å². The summed E-state index contributed by atoms with van der Waals surface area (Å²) >= 11 is 0. The zero-order chi connectivity index (χ0) is 89.3. The van der Waals surface area contributed by atoms with Crippen molar-refractivity contribution < 1.29 is 210 Å². The summed E-state index contributed by atoms with van der Waals surface area (Å²) in [7, 11) is -5.86. The number of hydrogen-bond donors (Lipinski definition) is 20. The van der Waals surface area contributed by atoms with E-state index in [0.29, 0.717) is 12.8 Å². The molecule has 3 amide bonds. The molecular formula is C80H142N3NaO37S. The molecule has 706 valence electrons. The average Bonchev–Trinajstić information content (AvgIpc) is 0.857. The van der Waals surface area contributed by atoms with Crippen molar-refractivity contribution in [3.63, 3.8) is 0 Å². The van der Waals surface area contributed by atoms with E-state index in [1.807, 2.05) is 6.08 Å². The van der Waals surface area contributed by atoms with E-state index in [1.54, 1.807) is 0 Å². The van der Waals surface area contributed by atoms with Crippen LogP contribution < -0.4 is 45.5 Å². The van der Waals surface area contributed by atoms with Crippen molar-refractivity contribution in [1.29, 1.82) is 0 Å². The zero-order valence-electron chi connectivity index (χ0n) is 71.6. The van der Waals surface area contributed by atoms with Gasteiger partial charge in [-0.1, -0.05) is 187 Å². The van der Waals surface area contributed by atoms with Crippen molar-refractivity contribution in [1.82, 2.24) is 16.0 Å². The van der Waals surface area contributed by atoms with Crippen LogP contribution in [0, 0.1) is 0 Å². The number of allylic oxidation sites excluding steroid dienone is 1. The van der Waals surface area contributed by atoms with Crippen LogP contribution in [0.1, 0.15) is 234 Å². The normalized spacial score (nSPS) is 35.7. The van der Waals surface area contributed by atoms with E-state index < -0.39 is 269 Å². The number of amides is 3. The molecule has 6 rings (SSSR count). The Labute approximate surface area is 736 Å². The molecule has 33 atom stereocenters. The van der Waals surface area contributed by atoms with E-state index in [-0.39, 0.29) is 48.3 Å². The van der Waals surface area contributed by atoms with Gasteiger partial charge < -0.3 is 164 Å². The standard InChI is InChI=1S/C80H143N3O37S.Na/c1-7-10-12-14-16-18-20-22-23-25-27-29-31-33-35-37-55(92)83-47(49(90)36-34-32-30-28-26-24-21-19-17-15-13-11-8-2)42-108-75-65(100)63(98)68(53(41-86)113-75)115-77-66(101)72(60(95)51(39-84)111-77)118-74-57(82-46(6)88)71(117-76-64(99)62(97)58(93)44(4)110-76)69(54(114-74)43-109-121(105,106)107)116-78-67(102)73(61(96)52(40-85)112-78)120-80(79(103)104)38-50(91)56(81-45(5)87)70(119-80)59(94)48(89)9-3;/h34,36,44,47-54,56-78,84-86,89-91,93-102H,7-33,35,37-43H2,1-6H3,(H,81,87)(H,82,88)(H,83,92)(H,103,104)(H,105,106,107);/q;+1/p-1/b36-34+;/t44-,47?,48+,49+,50-,51+,52+,53+,54+,56+,57+,58+,59+,60-,61-,62+,63+,64-,65+,66+,67+,68+,69+,70+,71+,72-,73-,74-,75+,76-,77-,78-,80-;/m0./s1. The Morgan fingerprint density at radius 2 is 0.951 bits per heavy atom. The van der Waals surface area contributed by atoms with Crippen molar-refractivity contribution in [2.75, 3.05) is 33.0 Å². The van der Waals surface area contributed by atoms with Crippen molar-refractivity contribution >= 4 is 34.1 Å². The third-order valence-corrected chi connectivity index (χ3v) is 23.5. The monoisotopic (exact) mass is 1790 g/mol. The summed E-state index contributed by atoms with van der Waals surface area (Å²) in [4.78, 5) is 53.0. The van der Waals surface area contributed by atoms with Crippen molar-refractivity contribution in [3.8, 4) is 0 Å². The molecular weight excluding hydrogens is 1650 g/mol. The third-order valence-electron chi connectivity index (χ3n) is 23.1. The molecule has 0 spiro atoms. The number of rotatable bonds is 56. The second kappa shape index (κ2) is 56.2. The topological polar surface area (TPSA) is 625 Å². The van der Waals surface area contributed by atoms with E-state index in [0.717, 1.165) is 71.6 Å². The Kier molecular flexibility index (Phi) is 50.6. The van der Waals surface area contributed by atoms with Gasteiger partial charge in [-0.15, -0.1) is 0 Å². The van der Waals surface area contributed by atoms with Gasteiger partial charge in [-0.3, -0.25) is 18.6 Å². The fourth-order valence-corrected chi connectivity index (χ4v) is 16.3. The number of nitrogens with one attached hydrogen (secondary N) is 3. The number of aliphatic hydroxyl groups excluding tert-OH is 16. The van der Waals surface area contributed by atoms with E-state index in [9.17, 15) is 119 Å². The Morgan fingerprint density at radius 1 is 0.508 bits per heavy atom. The van der Waals surface area contributed by atoms with Crippen molar-refractivity contribution in [2.24, 2.45) is 0 Å². The Balaban J connectivity index is 0.0000265. The van der Waals surface area contributed by atoms with Gasteiger partial charge in [0.1, 0.15) is 128 Å². The van der Waals surface area contributed by atoms with Gasteiger partial charge in [0.15, 0.2) is 31.5 Å². The van der Waals surface area contributed by atoms with Crippen LogP contribution in [0.15, 0.2) is 12.2 Å². The molecule has 1 unspecified atom stereocenters. The van der Waals surface area contributed by atoms with Crippen LogP contribution in [0.2, 0.25) is 0 Å². The minimum Gasteiger partial charge on any atom is -0.726 e. The molecule has 6 aliphatic rings. The molecule has 0 aromatic carbocycles. The van der Waals surface area contributed by atoms with E-state index >= 15 is 0 Å². The molecule has 6 fully saturated rings. The van der Waals surface area contributed by atoms with Crippen molar-refractivity contribution in [3.05, 3.63) is 12.2 Å². The molecule has 6 heterocycles. The summed E-state index contributed by atoms with van der Waals surface area (Å²) < 4.78 is 114. The summed E-state index contributed by atoms with van der Waals surface area (Å²) in [6.07, 6.45) is -29.2. The number of aliphatic carboxylic acids is 1. The molecule has 40 nitrogen and oxygen atoms in total. The quantitative estimate of drug-likeness (QED) is 0.00901. The van der Waals surface area contributed by atoms with Gasteiger partial charge in [0.2, 0.25) is 28.1 Å². The number of carboxylic acids is 1. The van der Waals surface area contributed by atoms with Crippen LogP contribution >= 0.6 is 0 Å². The van der Waals surface area contributed by atoms with Gasteiger partial charge in [0.05, 0.1) is 69.5 Å². The second-order valence-electron chi connectivity index (χ2n) is 32.8. The maximum absolute atomic E-state index is 13.6. The fourth-order valence-electron chi connectivity index (χ4n) is 16.0. The van der Waals surface area contributed by atoms with E-state index in [2.05, 4.69) is 34.0 Å². The van der Waals surface area contributed by atoms with Crippen LogP contribution in [0.25, 0.3) is 0 Å². The predicted molar refractivity (Wildman–Crippen MR) is 421 cm³/mol. The molecule has 0 saturated carbocycles. The van der Waals surface area contributed by atoms with Crippen molar-refractivity contribution in [2.45, 2.75) is 436 Å². The van der Waals surface area contributed by atoms with Gasteiger partial charge in [0.25, 0.3) is 5.79 Å². The van der Waals surface area contributed by atoms with Gasteiger partial charge >= 0.3 is 35.5 Å². The van der Waals surface area contributed by atoms with Crippen LogP contribution in [-0.2, 0) is 90.6 Å². The predicted octanol–water partition coefficient (Wildman–Crippen LogP) is -4.28. The SMILES string of the molecule is CCCCCCCCCCCCC/C=C/[C@@H](O)C(CO[C@@H]1O[C@H](CO)[C@@H](O[C@@H]2O[C@H](CO)[C@H](O)[C@H](O[C@@H]3O[C@H](COS(=O)(=O)[O-])[C@@H](O[C@@H]4O[C@H](CO)[C@H](O)[C@H](O[C@]5(C(=O)O)C[C@H](O)[C@@H](NC(C)=O)[C@H]([C@H](O)[C@H](O)CC)O5)[C@H]4O)[C@H](O[C@@H]4O[C@@H](C)[C@@H](O)[C@@H](O)[C@@H]4O)[C@H]3NC(C)=O)[C@H]2O)[C@H](O)[C@H]1O)NC(=O)CCCCCCCCCCCCCCCCC.[Na+]. The van der Waals surface area contributed by atoms with E-state index in [1.165, 1.54) is 123 Å². The number of ether oxygens (including phenoxy) is 12. The second-order valence-corrected chi connectivity index (χ2v) is 33.9. The van der Waals surface area contributed by atoms with Crippen LogP contribution in [0.3, 0.4) is 0 Å². The molecule has 0 aliphatic carbocycles. The summed E-state index contributed by atoms with van der Waals surface area (Å²) in [6, 6.07) is -4.96. The Morgan fingerprint density at radius 3 is 1.45 bits per heavy atom. The first-order valence-electron chi connectivity index (χ1n) is 43.5. The third kappa shape index (κ3) is 33.6. The summed E-state index contributed by atoms with van der Waals surface area (Å²) in [5.41, 5.74) is 0. The number of carbonyl (C=O) groups is 4. The molecule has 6 saturated heterocycles. The number of aliphatic hydroxyl groups is 16. The first-order valence-corrected chi connectivity index (χ1v) is 44.8. The molecule has 0 radical (unpaired) electrons. The number of hydrogen-bond acceptors (Lipinski definition) is 36. The largest absolute Gasteiger partial charge is 1.00 e. The van der Waals surface area contributed by atoms with Crippen LogP contribution in [0.5, 0.6) is 0 Å². The molecule has 0 aromatic heterocycles. The number of carboxylic acid groups (broad SMARTS) is 1. The first kappa shape index (κ1) is 110. The average molecular weight is 1790 g/mol. The minimum atomic E-state index is -5.86. The van der Waals surface area contributed by atoms with E-state index in [4.69, 9.17) is 56.8 Å². The minimum absolute atomic E-state index is 0. The van der Waals surface area contributed by atoms with Gasteiger partial charge in [-0.05, 0) is 32.6 Å². The fraction of sp³-hybridized carbons (Fsp3) is 0.925. The molecule has 0 bridgehead atoms. The van der Waals surface area contributed by atoms with Gasteiger partial charge in [-0.2, -0.15) is 0 Å². The zero-order valence-corrected chi connectivity index (χ0v) is 74.4. The van der Waals surface area contributed by atoms with Crippen LogP contribution in [-0.4, -0.2) is 358 Å². The molecule has 20 N–H and O–H groups in total. The Bertz CT molecular complexity index is 3100. The summed E-state index contributed by atoms with van der Waals surface area (Å²) in [5, 5.41) is 201. The first-order chi connectivity index (χ1) is 57.6. The number of carbonyl (C=O) groups excluding carboxylic acids is 3. The van der Waals surface area contributed by atoms with Gasteiger partial charge in [0, 0.05) is 26.7 Å². The molecule has 0 aromatic rings. The molecule has 122 heavy (non-hydrogen) atoms. The summed E-state index contributed by atoms with van der Waals surface area (Å²) in [5.74, 6) is -7.68. The maximum Gasteiger partial charge on any atom is 1.00 e. The number of unbranched alkanes of at least 4 members (excludes halogenated alkanes) is 25.